The van der Waals surface area contributed by atoms with Gasteiger partial charge in [-0.3, -0.25) is 9.69 Å². The van der Waals surface area contributed by atoms with Crippen molar-refractivity contribution in [2.45, 2.75) is 85.8 Å². The van der Waals surface area contributed by atoms with Crippen molar-refractivity contribution in [3.63, 3.8) is 0 Å². The van der Waals surface area contributed by atoms with E-state index in [1.807, 2.05) is 24.3 Å². The second-order valence-electron chi connectivity index (χ2n) is 18.1. The second kappa shape index (κ2) is 18.0. The van der Waals surface area contributed by atoms with Gasteiger partial charge >= 0.3 is 6.09 Å². The number of nitrogens with zero attached hydrogens (tertiary/aromatic N) is 5. The number of halogens is 1. The monoisotopic (exact) mass is 818 g/mol. The summed E-state index contributed by atoms with van der Waals surface area (Å²) in [5.41, 5.74) is 1.74. The molecule has 2 aromatic rings. The average molecular weight is 819 g/mol. The molecule has 5 saturated heterocycles. The maximum atomic E-state index is 15.0. The number of benzene rings is 2. The summed E-state index contributed by atoms with van der Waals surface area (Å²) in [5, 5.41) is 12.1. The minimum absolute atomic E-state index is 0.112. The largest absolute Gasteiger partial charge is 0.465 e. The van der Waals surface area contributed by atoms with Crippen LogP contribution in [0.3, 0.4) is 0 Å². The Kier molecular flexibility index (Phi) is 12.8. The lowest BCUT2D eigenvalue weighted by molar-refractivity contribution is -0.129. The Morgan fingerprint density at radius 3 is 2.24 bits per heavy atom. The van der Waals surface area contributed by atoms with E-state index in [2.05, 4.69) is 31.0 Å². The van der Waals surface area contributed by atoms with Crippen LogP contribution >= 0.6 is 0 Å². The lowest BCUT2D eigenvalue weighted by Crippen LogP contribution is -2.59. The van der Waals surface area contributed by atoms with Gasteiger partial charge in [-0.05, 0) is 150 Å². The normalized spacial score (nSPS) is 26.7. The highest BCUT2D eigenvalue weighted by atomic mass is 32.2. The van der Waals surface area contributed by atoms with Crippen LogP contribution in [0.5, 0.6) is 0 Å². The first-order chi connectivity index (χ1) is 28.1. The van der Waals surface area contributed by atoms with Gasteiger partial charge in [0.05, 0.1) is 4.90 Å². The number of piperidine rings is 2. The zero-order chi connectivity index (χ0) is 40.3. The Hall–Kier alpha value is -3.52. The topological polar surface area (TPSA) is 117 Å². The van der Waals surface area contributed by atoms with Crippen LogP contribution in [0, 0.1) is 23.6 Å². The zero-order valence-corrected chi connectivity index (χ0v) is 34.8. The van der Waals surface area contributed by atoms with E-state index in [9.17, 15) is 27.5 Å². The van der Waals surface area contributed by atoms with E-state index in [1.165, 1.54) is 31.7 Å². The molecule has 5 aliphatic heterocycles. The predicted molar refractivity (Wildman–Crippen MR) is 224 cm³/mol. The number of amides is 2. The van der Waals surface area contributed by atoms with E-state index in [0.29, 0.717) is 16.7 Å². The van der Waals surface area contributed by atoms with Crippen LogP contribution in [0.25, 0.3) is 0 Å². The van der Waals surface area contributed by atoms with Crippen LogP contribution in [-0.4, -0.2) is 141 Å². The van der Waals surface area contributed by atoms with Crippen molar-refractivity contribution in [3.05, 3.63) is 72.1 Å². The number of carbonyl (C=O) groups excluding carboxylic acids is 1. The summed E-state index contributed by atoms with van der Waals surface area (Å²) in [4.78, 5) is 36.4. The third kappa shape index (κ3) is 8.98. The molecule has 0 radical (unpaired) electrons. The average Bonchev–Trinajstić information content (AvgIpc) is 3.85. The van der Waals surface area contributed by atoms with Crippen LogP contribution in [0.15, 0.2) is 65.6 Å². The van der Waals surface area contributed by atoms with Crippen LogP contribution in [0.2, 0.25) is 0 Å². The molecule has 2 aromatic carbocycles. The SMILES string of the molecule is O=C(O)N[C@H]1CCC[C@@H]1C(CN1CCC1)(c1cccc(F)c1)C1CCN(CC2CCN(c3ccc(S(=O)(=O)C4CN(C(=O)/C=C/CN5CCCCC5)C4)cc3)C2)CC1. The van der Waals surface area contributed by atoms with Gasteiger partial charge < -0.3 is 30.0 Å². The molecule has 6 fully saturated rings. The number of likely N-dealkylation sites (tertiary alicyclic amines) is 4. The molecule has 13 heteroatoms. The van der Waals surface area contributed by atoms with Crippen molar-refractivity contribution < 1.29 is 27.5 Å². The quantitative estimate of drug-likeness (QED) is 0.240. The summed E-state index contributed by atoms with van der Waals surface area (Å²) in [6.45, 7) is 11.1. The Morgan fingerprint density at radius 2 is 1.55 bits per heavy atom. The minimum atomic E-state index is -3.53. The molecule has 2 amide bonds. The van der Waals surface area contributed by atoms with Crippen molar-refractivity contribution in [2.24, 2.45) is 17.8 Å². The summed E-state index contributed by atoms with van der Waals surface area (Å²) in [6.07, 6.45) is 13.2. The van der Waals surface area contributed by atoms with Gasteiger partial charge in [0.25, 0.3) is 0 Å². The van der Waals surface area contributed by atoms with Crippen LogP contribution < -0.4 is 10.2 Å². The van der Waals surface area contributed by atoms with E-state index >= 15 is 0 Å². The number of nitrogens with one attached hydrogen (secondary N) is 1. The number of rotatable bonds is 14. The molecule has 5 heterocycles. The maximum Gasteiger partial charge on any atom is 0.404 e. The number of hydrogen-bond acceptors (Lipinski definition) is 8. The first-order valence-electron chi connectivity index (χ1n) is 22.1. The number of anilines is 1. The molecule has 1 saturated carbocycles. The molecule has 1 aliphatic carbocycles. The molecular weight excluding hydrogens is 756 g/mol. The summed E-state index contributed by atoms with van der Waals surface area (Å²) in [6, 6.07) is 14.4. The summed E-state index contributed by atoms with van der Waals surface area (Å²) < 4.78 is 41.9. The zero-order valence-electron chi connectivity index (χ0n) is 34.0. The lowest BCUT2D eigenvalue weighted by Gasteiger charge is -2.53. The molecule has 0 spiro atoms. The van der Waals surface area contributed by atoms with Crippen LogP contribution in [-0.2, 0) is 20.0 Å². The Bertz CT molecular complexity index is 1870. The number of carbonyl (C=O) groups is 2. The molecule has 58 heavy (non-hydrogen) atoms. The third-order valence-corrected chi connectivity index (χ3v) is 16.7. The van der Waals surface area contributed by atoms with Gasteiger partial charge in [-0.25, -0.2) is 17.6 Å². The van der Waals surface area contributed by atoms with Crippen molar-refractivity contribution in [3.8, 4) is 0 Å². The maximum absolute atomic E-state index is 15.0. The molecule has 0 aromatic heterocycles. The molecule has 4 atom stereocenters. The van der Waals surface area contributed by atoms with E-state index < -0.39 is 21.2 Å². The summed E-state index contributed by atoms with van der Waals surface area (Å²) in [5.74, 6) is 0.591. The predicted octanol–water partition coefficient (Wildman–Crippen LogP) is 5.47. The van der Waals surface area contributed by atoms with Crippen molar-refractivity contribution in [1.82, 2.24) is 24.9 Å². The van der Waals surface area contributed by atoms with Crippen LogP contribution in [0.1, 0.15) is 69.8 Å². The van der Waals surface area contributed by atoms with Crippen molar-refractivity contribution in [1.29, 1.82) is 0 Å². The van der Waals surface area contributed by atoms with Gasteiger partial charge in [0.1, 0.15) is 11.1 Å². The number of carboxylic acid groups (broad SMARTS) is 1. The van der Waals surface area contributed by atoms with Crippen LogP contribution in [0.4, 0.5) is 14.9 Å². The molecule has 316 valence electrons. The molecule has 6 aliphatic rings. The molecule has 8 rings (SSSR count). The standard InChI is InChI=1S/C45H63FN6O5S/c46-37-9-4-8-36(28-37)45(33-50-23-7-24-50,41-10-5-11-42(41)47-44(54)55)35-18-25-49(26-19-35)29-34-17-27-51(30-34)38-13-15-39(16-14-38)58(56,57)40-31-52(32-40)43(53)12-6-22-48-20-2-1-3-21-48/h4,6,8-9,12-16,28,34-35,40-42,47H,1-3,5,7,10-11,17-27,29-33H2,(H,54,55)/b12-6+/t34?,41-,42-,45?/m0/s1. The number of hydrogen-bond donors (Lipinski definition) is 2. The first kappa shape index (κ1) is 41.2. The van der Waals surface area contributed by atoms with Gasteiger partial charge in [-0.15, -0.1) is 0 Å². The highest BCUT2D eigenvalue weighted by Crippen LogP contribution is 2.51. The molecule has 2 N–H and O–H groups in total. The highest BCUT2D eigenvalue weighted by Gasteiger charge is 2.53. The molecule has 0 bridgehead atoms. The van der Waals surface area contributed by atoms with Gasteiger partial charge in [0, 0.05) is 69.0 Å². The minimum Gasteiger partial charge on any atom is -0.465 e. The van der Waals surface area contributed by atoms with Gasteiger partial charge in [-0.1, -0.05) is 31.1 Å². The summed E-state index contributed by atoms with van der Waals surface area (Å²) >= 11 is 0. The fourth-order valence-electron chi connectivity index (χ4n) is 11.3. The van der Waals surface area contributed by atoms with Crippen molar-refractivity contribution in [2.75, 3.05) is 90.0 Å². The first-order valence-corrected chi connectivity index (χ1v) is 23.6. The summed E-state index contributed by atoms with van der Waals surface area (Å²) in [7, 11) is -3.53. The third-order valence-electron chi connectivity index (χ3n) is 14.6. The van der Waals surface area contributed by atoms with E-state index in [4.69, 9.17) is 0 Å². The highest BCUT2D eigenvalue weighted by molar-refractivity contribution is 7.92. The van der Waals surface area contributed by atoms with Gasteiger partial charge in [0.2, 0.25) is 5.91 Å². The second-order valence-corrected chi connectivity index (χ2v) is 20.3. The molecular formula is C45H63FN6O5S. The Morgan fingerprint density at radius 1 is 0.810 bits per heavy atom. The molecule has 11 nitrogen and oxygen atoms in total. The van der Waals surface area contributed by atoms with E-state index in [0.717, 1.165) is 122 Å². The smallest absolute Gasteiger partial charge is 0.404 e. The van der Waals surface area contributed by atoms with Gasteiger partial charge in [0.15, 0.2) is 9.84 Å². The molecule has 2 unspecified atom stereocenters. The van der Waals surface area contributed by atoms with E-state index in [-0.39, 0.29) is 42.2 Å². The fourth-order valence-corrected chi connectivity index (χ4v) is 13.0. The van der Waals surface area contributed by atoms with Crippen molar-refractivity contribution >= 4 is 27.5 Å². The fraction of sp³-hybridized carbons (Fsp3) is 0.644. The number of sulfone groups is 1. The Balaban J connectivity index is 0.851. The van der Waals surface area contributed by atoms with E-state index in [1.54, 1.807) is 29.2 Å². The Labute approximate surface area is 344 Å². The van der Waals surface area contributed by atoms with Gasteiger partial charge in [-0.2, -0.15) is 0 Å². The lowest BCUT2D eigenvalue weighted by atomic mass is 9.57.